The number of hydrogen-bond donors (Lipinski definition) is 0. The van der Waals surface area contributed by atoms with E-state index in [-0.39, 0.29) is 5.91 Å². The van der Waals surface area contributed by atoms with Gasteiger partial charge in [-0.15, -0.1) is 0 Å². The van der Waals surface area contributed by atoms with Crippen molar-refractivity contribution in [1.82, 2.24) is 4.90 Å². The van der Waals surface area contributed by atoms with Gasteiger partial charge in [0, 0.05) is 6.54 Å². The fourth-order valence-corrected chi connectivity index (χ4v) is 3.12. The van der Waals surface area contributed by atoms with E-state index >= 15 is 0 Å². The summed E-state index contributed by atoms with van der Waals surface area (Å²) in [6.45, 7) is 6.61. The molecule has 104 valence electrons. The lowest BCUT2D eigenvalue weighted by molar-refractivity contribution is -0.121. The van der Waals surface area contributed by atoms with E-state index in [1.54, 1.807) is 11.0 Å². The van der Waals surface area contributed by atoms with Crippen molar-refractivity contribution in [2.75, 3.05) is 13.2 Å². The van der Waals surface area contributed by atoms with Crippen molar-refractivity contribution in [3.8, 4) is 5.75 Å². The van der Waals surface area contributed by atoms with Crippen LogP contribution in [0.15, 0.2) is 41.8 Å². The van der Waals surface area contributed by atoms with Crippen LogP contribution in [0.25, 0.3) is 6.08 Å². The monoisotopic (exact) mass is 305 g/mol. The number of rotatable bonds is 5. The average molecular weight is 305 g/mol. The predicted octanol–water partition coefficient (Wildman–Crippen LogP) is 3.47. The maximum atomic E-state index is 12.1. The zero-order valence-electron chi connectivity index (χ0n) is 11.2. The number of likely N-dealkylation sites (N-methyl/N-ethyl adjacent to an activating group) is 1. The van der Waals surface area contributed by atoms with Crippen molar-refractivity contribution < 1.29 is 9.53 Å². The Bertz CT molecular complexity index is 564. The van der Waals surface area contributed by atoms with E-state index in [0.717, 1.165) is 11.3 Å². The number of carbonyl (C=O) groups excluding carboxylic acids is 1. The quantitative estimate of drug-likeness (QED) is 0.473. The minimum absolute atomic E-state index is 0.0190. The molecule has 1 aliphatic rings. The van der Waals surface area contributed by atoms with Crippen LogP contribution in [0.2, 0.25) is 0 Å². The normalized spacial score (nSPS) is 16.9. The molecular weight excluding hydrogens is 290 g/mol. The fourth-order valence-electron chi connectivity index (χ4n) is 1.74. The molecule has 0 unspecified atom stereocenters. The van der Waals surface area contributed by atoms with Gasteiger partial charge in [0.25, 0.3) is 5.91 Å². The molecule has 0 atom stereocenters. The minimum Gasteiger partial charge on any atom is -0.490 e. The van der Waals surface area contributed by atoms with Gasteiger partial charge in [0.05, 0.1) is 4.91 Å². The van der Waals surface area contributed by atoms with Crippen LogP contribution < -0.4 is 4.74 Å². The van der Waals surface area contributed by atoms with Crippen molar-refractivity contribution in [3.05, 3.63) is 47.4 Å². The van der Waals surface area contributed by atoms with Crippen molar-refractivity contribution in [1.29, 1.82) is 0 Å². The second kappa shape index (κ2) is 6.72. The molecule has 0 N–H and O–H groups in total. The lowest BCUT2D eigenvalue weighted by Gasteiger charge is -2.09. The SMILES string of the molecule is C=CCOc1ccc(/C=C2/SC(=S)N(CC)C2=O)cc1. The molecule has 1 saturated heterocycles. The zero-order chi connectivity index (χ0) is 14.5. The molecular formula is C15H15NO2S2. The van der Waals surface area contributed by atoms with Gasteiger partial charge in [0.1, 0.15) is 16.7 Å². The van der Waals surface area contributed by atoms with Crippen LogP contribution in [0.5, 0.6) is 5.75 Å². The molecule has 1 heterocycles. The Labute approximate surface area is 128 Å². The summed E-state index contributed by atoms with van der Waals surface area (Å²) in [5.41, 5.74) is 0.951. The van der Waals surface area contributed by atoms with E-state index in [4.69, 9.17) is 17.0 Å². The molecule has 0 saturated carbocycles. The summed E-state index contributed by atoms with van der Waals surface area (Å²) in [6.07, 6.45) is 3.55. The molecule has 0 aliphatic carbocycles. The van der Waals surface area contributed by atoms with Crippen molar-refractivity contribution in [2.45, 2.75) is 6.92 Å². The third-order valence-electron chi connectivity index (χ3n) is 2.74. The molecule has 1 amide bonds. The zero-order valence-corrected chi connectivity index (χ0v) is 12.8. The Morgan fingerprint density at radius 2 is 2.10 bits per heavy atom. The van der Waals surface area contributed by atoms with Gasteiger partial charge in [-0.25, -0.2) is 0 Å². The molecule has 0 radical (unpaired) electrons. The van der Waals surface area contributed by atoms with Crippen LogP contribution in [-0.2, 0) is 4.79 Å². The Morgan fingerprint density at radius 3 is 2.65 bits per heavy atom. The minimum atomic E-state index is -0.0190. The topological polar surface area (TPSA) is 29.5 Å². The highest BCUT2D eigenvalue weighted by atomic mass is 32.2. The van der Waals surface area contributed by atoms with Crippen LogP contribution >= 0.6 is 24.0 Å². The predicted molar refractivity (Wildman–Crippen MR) is 87.7 cm³/mol. The van der Waals surface area contributed by atoms with Gasteiger partial charge < -0.3 is 4.74 Å². The van der Waals surface area contributed by atoms with Gasteiger partial charge in [0.15, 0.2) is 0 Å². The van der Waals surface area contributed by atoms with E-state index in [1.807, 2.05) is 37.3 Å². The van der Waals surface area contributed by atoms with Gasteiger partial charge in [-0.2, -0.15) is 0 Å². The van der Waals surface area contributed by atoms with Gasteiger partial charge in [-0.3, -0.25) is 9.69 Å². The summed E-state index contributed by atoms with van der Waals surface area (Å²) in [5, 5.41) is 0. The van der Waals surface area contributed by atoms with Crippen LogP contribution in [0.1, 0.15) is 12.5 Å². The van der Waals surface area contributed by atoms with E-state index < -0.39 is 0 Å². The number of amides is 1. The Hall–Kier alpha value is -1.59. The highest BCUT2D eigenvalue weighted by Crippen LogP contribution is 2.32. The number of ether oxygens (including phenoxy) is 1. The molecule has 0 spiro atoms. The average Bonchev–Trinajstić information content (AvgIpc) is 2.72. The first-order valence-electron chi connectivity index (χ1n) is 6.25. The van der Waals surface area contributed by atoms with E-state index in [2.05, 4.69) is 6.58 Å². The summed E-state index contributed by atoms with van der Waals surface area (Å²) < 4.78 is 6.03. The Kier molecular flexibility index (Phi) is 4.98. The molecule has 20 heavy (non-hydrogen) atoms. The van der Waals surface area contributed by atoms with E-state index in [0.29, 0.717) is 22.4 Å². The highest BCUT2D eigenvalue weighted by molar-refractivity contribution is 8.26. The first-order chi connectivity index (χ1) is 9.65. The van der Waals surface area contributed by atoms with E-state index in [1.165, 1.54) is 11.8 Å². The van der Waals surface area contributed by atoms with Gasteiger partial charge >= 0.3 is 0 Å². The van der Waals surface area contributed by atoms with Crippen LogP contribution in [0, 0.1) is 0 Å². The maximum absolute atomic E-state index is 12.1. The second-order valence-electron chi connectivity index (χ2n) is 4.09. The molecule has 2 rings (SSSR count). The third-order valence-corrected chi connectivity index (χ3v) is 4.11. The van der Waals surface area contributed by atoms with Crippen molar-refractivity contribution >= 4 is 40.3 Å². The number of hydrogen-bond acceptors (Lipinski definition) is 4. The van der Waals surface area contributed by atoms with Gasteiger partial charge in [-0.1, -0.05) is 48.8 Å². The van der Waals surface area contributed by atoms with E-state index in [9.17, 15) is 4.79 Å². The highest BCUT2D eigenvalue weighted by Gasteiger charge is 2.30. The van der Waals surface area contributed by atoms with Crippen LogP contribution in [-0.4, -0.2) is 28.3 Å². The molecule has 5 heteroatoms. The largest absolute Gasteiger partial charge is 0.490 e. The third kappa shape index (κ3) is 3.29. The number of carbonyl (C=O) groups is 1. The first-order valence-corrected chi connectivity index (χ1v) is 7.47. The lowest BCUT2D eigenvalue weighted by atomic mass is 10.2. The second-order valence-corrected chi connectivity index (χ2v) is 5.77. The number of thiocarbonyl (C=S) groups is 1. The summed E-state index contributed by atoms with van der Waals surface area (Å²) in [4.78, 5) is 14.3. The number of benzene rings is 1. The molecule has 1 fully saturated rings. The molecule has 1 aliphatic heterocycles. The molecule has 1 aromatic carbocycles. The lowest BCUT2D eigenvalue weighted by Crippen LogP contribution is -2.27. The standard InChI is InChI=1S/C15H15NO2S2/c1-3-9-18-12-7-5-11(6-8-12)10-13-14(17)16(4-2)15(19)20-13/h3,5-8,10H,1,4,9H2,2H3/b13-10+. The maximum Gasteiger partial charge on any atom is 0.266 e. The van der Waals surface area contributed by atoms with Gasteiger partial charge in [-0.05, 0) is 30.7 Å². The fraction of sp³-hybridized carbons (Fsp3) is 0.200. The van der Waals surface area contributed by atoms with Crippen LogP contribution in [0.4, 0.5) is 0 Å². The summed E-state index contributed by atoms with van der Waals surface area (Å²) >= 11 is 6.52. The summed E-state index contributed by atoms with van der Waals surface area (Å²) in [6, 6.07) is 7.57. The van der Waals surface area contributed by atoms with Gasteiger partial charge in [0.2, 0.25) is 0 Å². The smallest absolute Gasteiger partial charge is 0.266 e. The summed E-state index contributed by atoms with van der Waals surface area (Å²) in [7, 11) is 0. The number of thioether (sulfide) groups is 1. The molecule has 0 bridgehead atoms. The van der Waals surface area contributed by atoms with Crippen molar-refractivity contribution in [2.24, 2.45) is 0 Å². The Morgan fingerprint density at radius 1 is 1.40 bits per heavy atom. The first kappa shape index (κ1) is 14.8. The summed E-state index contributed by atoms with van der Waals surface area (Å²) in [5.74, 6) is 0.762. The van der Waals surface area contributed by atoms with Crippen molar-refractivity contribution in [3.63, 3.8) is 0 Å². The Balaban J connectivity index is 2.13. The van der Waals surface area contributed by atoms with Crippen LogP contribution in [0.3, 0.4) is 0 Å². The molecule has 0 aromatic heterocycles. The number of nitrogens with zero attached hydrogens (tertiary/aromatic N) is 1. The molecule has 3 nitrogen and oxygen atoms in total. The molecule has 1 aromatic rings.